The minimum atomic E-state index is -0.796. The molecule has 5 heteroatoms. The molecule has 2 fully saturated rings. The molecular weight excluding hydrogens is 256 g/mol. The SMILES string of the molecule is CC1CCN(C(C)C(=O)N2CCCCC2)C(C(=O)O)C1. The number of carbonyl (C=O) groups is 2. The van der Waals surface area contributed by atoms with Crippen LogP contribution in [0.1, 0.15) is 46.0 Å². The molecular formula is C15H26N2O3. The van der Waals surface area contributed by atoms with Crippen molar-refractivity contribution in [3.63, 3.8) is 0 Å². The molecule has 3 atom stereocenters. The standard InChI is InChI=1S/C15H26N2O3/c1-11-6-9-17(13(10-11)15(19)20)12(2)14(18)16-7-4-3-5-8-16/h11-13H,3-10H2,1-2H3,(H,19,20). The van der Waals surface area contributed by atoms with Crippen molar-refractivity contribution < 1.29 is 14.7 Å². The number of carbonyl (C=O) groups excluding carboxylic acids is 1. The molecule has 3 unspecified atom stereocenters. The van der Waals surface area contributed by atoms with Crippen LogP contribution in [0.25, 0.3) is 0 Å². The summed E-state index contributed by atoms with van der Waals surface area (Å²) in [5, 5.41) is 9.40. The molecule has 1 amide bonds. The number of aliphatic carboxylic acids is 1. The van der Waals surface area contributed by atoms with E-state index in [4.69, 9.17) is 0 Å². The van der Waals surface area contributed by atoms with Crippen LogP contribution >= 0.6 is 0 Å². The molecule has 0 bridgehead atoms. The second-order valence-electron chi connectivity index (χ2n) is 6.28. The second-order valence-corrected chi connectivity index (χ2v) is 6.28. The molecule has 0 radical (unpaired) electrons. The molecule has 2 aliphatic rings. The molecule has 2 rings (SSSR count). The molecule has 5 nitrogen and oxygen atoms in total. The fraction of sp³-hybridized carbons (Fsp3) is 0.867. The summed E-state index contributed by atoms with van der Waals surface area (Å²) < 4.78 is 0. The third-order valence-corrected chi connectivity index (χ3v) is 4.71. The first kappa shape index (κ1) is 15.3. The Hall–Kier alpha value is -1.10. The lowest BCUT2D eigenvalue weighted by Gasteiger charge is -2.41. The van der Waals surface area contributed by atoms with Gasteiger partial charge in [0.25, 0.3) is 0 Å². The molecule has 20 heavy (non-hydrogen) atoms. The first-order chi connectivity index (χ1) is 9.50. The molecule has 2 heterocycles. The second kappa shape index (κ2) is 6.57. The van der Waals surface area contributed by atoms with Gasteiger partial charge in [-0.3, -0.25) is 14.5 Å². The number of hydrogen-bond donors (Lipinski definition) is 1. The maximum atomic E-state index is 12.5. The Morgan fingerprint density at radius 3 is 2.40 bits per heavy atom. The van der Waals surface area contributed by atoms with Gasteiger partial charge in [0.2, 0.25) is 5.91 Å². The number of piperidine rings is 2. The van der Waals surface area contributed by atoms with E-state index in [0.717, 1.165) is 32.4 Å². The number of rotatable bonds is 3. The molecule has 0 aromatic heterocycles. The van der Waals surface area contributed by atoms with Crippen molar-refractivity contribution in [2.45, 2.75) is 58.0 Å². The van der Waals surface area contributed by atoms with Crippen LogP contribution in [0.2, 0.25) is 0 Å². The van der Waals surface area contributed by atoms with Gasteiger partial charge >= 0.3 is 5.97 Å². The smallest absolute Gasteiger partial charge is 0.320 e. The van der Waals surface area contributed by atoms with Gasteiger partial charge in [-0.05, 0) is 44.9 Å². The topological polar surface area (TPSA) is 60.9 Å². The number of carboxylic acids is 1. The highest BCUT2D eigenvalue weighted by Gasteiger charge is 2.38. The molecule has 0 aliphatic carbocycles. The molecule has 0 aromatic carbocycles. The largest absolute Gasteiger partial charge is 0.480 e. The maximum absolute atomic E-state index is 12.5. The number of nitrogens with zero attached hydrogens (tertiary/aromatic N) is 2. The zero-order chi connectivity index (χ0) is 14.7. The maximum Gasteiger partial charge on any atom is 0.320 e. The zero-order valence-electron chi connectivity index (χ0n) is 12.5. The van der Waals surface area contributed by atoms with Gasteiger partial charge in [0, 0.05) is 19.6 Å². The molecule has 0 spiro atoms. The van der Waals surface area contributed by atoms with Gasteiger partial charge in [0.05, 0.1) is 6.04 Å². The van der Waals surface area contributed by atoms with E-state index in [0.29, 0.717) is 18.9 Å². The van der Waals surface area contributed by atoms with E-state index in [9.17, 15) is 14.7 Å². The fourth-order valence-electron chi connectivity index (χ4n) is 3.39. The van der Waals surface area contributed by atoms with Crippen LogP contribution in [0.5, 0.6) is 0 Å². The van der Waals surface area contributed by atoms with Crippen molar-refractivity contribution in [1.29, 1.82) is 0 Å². The van der Waals surface area contributed by atoms with E-state index in [1.165, 1.54) is 6.42 Å². The van der Waals surface area contributed by atoms with E-state index in [2.05, 4.69) is 6.92 Å². The highest BCUT2D eigenvalue weighted by molar-refractivity contribution is 5.83. The van der Waals surface area contributed by atoms with E-state index in [1.54, 1.807) is 0 Å². The Kier molecular flexibility index (Phi) is 5.02. The van der Waals surface area contributed by atoms with Crippen LogP contribution in [0.15, 0.2) is 0 Å². The zero-order valence-corrected chi connectivity index (χ0v) is 12.5. The van der Waals surface area contributed by atoms with Crippen LogP contribution in [-0.2, 0) is 9.59 Å². The summed E-state index contributed by atoms with van der Waals surface area (Å²) in [5.41, 5.74) is 0. The van der Waals surface area contributed by atoms with Gasteiger partial charge in [-0.2, -0.15) is 0 Å². The third-order valence-electron chi connectivity index (χ3n) is 4.71. The van der Waals surface area contributed by atoms with Crippen LogP contribution in [0.4, 0.5) is 0 Å². The Morgan fingerprint density at radius 1 is 1.15 bits per heavy atom. The first-order valence-electron chi connectivity index (χ1n) is 7.78. The summed E-state index contributed by atoms with van der Waals surface area (Å²) in [6.07, 6.45) is 4.95. The lowest BCUT2D eigenvalue weighted by atomic mass is 9.91. The summed E-state index contributed by atoms with van der Waals surface area (Å²) >= 11 is 0. The van der Waals surface area contributed by atoms with Gasteiger partial charge in [0.15, 0.2) is 0 Å². The lowest BCUT2D eigenvalue weighted by Crippen LogP contribution is -2.56. The summed E-state index contributed by atoms with van der Waals surface area (Å²) in [7, 11) is 0. The van der Waals surface area contributed by atoms with Crippen LogP contribution in [0, 0.1) is 5.92 Å². The summed E-state index contributed by atoms with van der Waals surface area (Å²) in [5.74, 6) is -0.273. The summed E-state index contributed by atoms with van der Waals surface area (Å²) in [6, 6.07) is -0.829. The van der Waals surface area contributed by atoms with Crippen LogP contribution in [-0.4, -0.2) is 58.5 Å². The van der Waals surface area contributed by atoms with E-state index < -0.39 is 12.0 Å². The molecule has 0 aromatic rings. The number of hydrogen-bond acceptors (Lipinski definition) is 3. The van der Waals surface area contributed by atoms with Crippen LogP contribution < -0.4 is 0 Å². The van der Waals surface area contributed by atoms with E-state index >= 15 is 0 Å². The first-order valence-corrected chi connectivity index (χ1v) is 7.78. The van der Waals surface area contributed by atoms with Crippen LogP contribution in [0.3, 0.4) is 0 Å². The highest BCUT2D eigenvalue weighted by Crippen LogP contribution is 2.25. The monoisotopic (exact) mass is 282 g/mol. The molecule has 1 N–H and O–H groups in total. The predicted molar refractivity (Wildman–Crippen MR) is 76.4 cm³/mol. The predicted octanol–water partition coefficient (Wildman–Crippen LogP) is 1.57. The number of carboxylic acid groups (broad SMARTS) is 1. The average Bonchev–Trinajstić information content (AvgIpc) is 2.46. The van der Waals surface area contributed by atoms with Gasteiger partial charge < -0.3 is 10.0 Å². The Morgan fingerprint density at radius 2 is 1.80 bits per heavy atom. The van der Waals surface area contributed by atoms with Gasteiger partial charge in [0.1, 0.15) is 6.04 Å². The molecule has 114 valence electrons. The van der Waals surface area contributed by atoms with Crippen molar-refractivity contribution in [1.82, 2.24) is 9.80 Å². The quantitative estimate of drug-likeness (QED) is 0.853. The minimum Gasteiger partial charge on any atom is -0.480 e. The average molecular weight is 282 g/mol. The van der Waals surface area contributed by atoms with Crippen molar-refractivity contribution in [3.8, 4) is 0 Å². The Balaban J connectivity index is 2.03. The molecule has 2 aliphatic heterocycles. The van der Waals surface area contributed by atoms with Gasteiger partial charge in [-0.15, -0.1) is 0 Å². The Bertz CT molecular complexity index is 366. The Labute approximate surface area is 120 Å². The molecule has 0 saturated carbocycles. The summed E-state index contributed by atoms with van der Waals surface area (Å²) in [6.45, 7) is 6.31. The van der Waals surface area contributed by atoms with Crippen molar-refractivity contribution in [2.75, 3.05) is 19.6 Å². The van der Waals surface area contributed by atoms with E-state index in [1.807, 2.05) is 16.7 Å². The third kappa shape index (κ3) is 3.32. The van der Waals surface area contributed by atoms with Crippen molar-refractivity contribution in [3.05, 3.63) is 0 Å². The van der Waals surface area contributed by atoms with Gasteiger partial charge in [-0.25, -0.2) is 0 Å². The normalized spacial score (nSPS) is 30.0. The van der Waals surface area contributed by atoms with Crippen molar-refractivity contribution >= 4 is 11.9 Å². The lowest BCUT2D eigenvalue weighted by molar-refractivity contribution is -0.150. The van der Waals surface area contributed by atoms with Crippen molar-refractivity contribution in [2.24, 2.45) is 5.92 Å². The molecule has 2 saturated heterocycles. The van der Waals surface area contributed by atoms with E-state index in [-0.39, 0.29) is 11.9 Å². The highest BCUT2D eigenvalue weighted by atomic mass is 16.4. The van der Waals surface area contributed by atoms with Gasteiger partial charge in [-0.1, -0.05) is 6.92 Å². The minimum absolute atomic E-state index is 0.102. The number of amides is 1. The number of likely N-dealkylation sites (tertiary alicyclic amines) is 2. The summed E-state index contributed by atoms with van der Waals surface area (Å²) in [4.78, 5) is 27.8. The fourth-order valence-corrected chi connectivity index (χ4v) is 3.39.